The lowest BCUT2D eigenvalue weighted by Crippen LogP contribution is -2.33. The number of pyridine rings is 1. The fourth-order valence-electron chi connectivity index (χ4n) is 2.45. The smallest absolute Gasteiger partial charge is 0.237 e. The highest BCUT2D eigenvalue weighted by molar-refractivity contribution is 6.30. The summed E-state index contributed by atoms with van der Waals surface area (Å²) in [5.41, 5.74) is 1.37. The van der Waals surface area contributed by atoms with Crippen molar-refractivity contribution in [1.29, 1.82) is 0 Å². The minimum Gasteiger partial charge on any atom is -0.306 e. The summed E-state index contributed by atoms with van der Waals surface area (Å²) in [6.45, 7) is 0.266. The van der Waals surface area contributed by atoms with Crippen molar-refractivity contribution in [2.24, 2.45) is 5.92 Å². The van der Waals surface area contributed by atoms with Gasteiger partial charge in [0.1, 0.15) is 5.92 Å². The first-order valence-corrected chi connectivity index (χ1v) is 7.54. The molecule has 1 aromatic carbocycles. The normalized spacial score (nSPS) is 19.2. The van der Waals surface area contributed by atoms with Gasteiger partial charge >= 0.3 is 0 Å². The lowest BCUT2D eigenvalue weighted by Gasteiger charge is -2.22. The Balaban J connectivity index is 1.86. The van der Waals surface area contributed by atoms with E-state index in [-0.39, 0.29) is 23.8 Å². The van der Waals surface area contributed by atoms with Crippen molar-refractivity contribution in [1.82, 2.24) is 4.98 Å². The Hall–Kier alpha value is -2.47. The molecule has 0 N–H and O–H groups in total. The quantitative estimate of drug-likeness (QED) is 0.623. The van der Waals surface area contributed by atoms with Crippen LogP contribution in [-0.2, 0) is 11.3 Å². The second-order valence-corrected chi connectivity index (χ2v) is 5.85. The van der Waals surface area contributed by atoms with Gasteiger partial charge in [-0.2, -0.15) is 0 Å². The minimum atomic E-state index is -0.777. The zero-order chi connectivity index (χ0) is 16.4. The average molecular weight is 332 g/mol. The van der Waals surface area contributed by atoms with Gasteiger partial charge < -0.3 is 4.90 Å². The molecule has 1 amide bonds. The molecule has 23 heavy (non-hydrogen) atoms. The zero-order valence-corrected chi connectivity index (χ0v) is 12.9. The van der Waals surface area contributed by atoms with Crippen LogP contribution in [-0.4, -0.2) is 21.9 Å². The number of aromatic nitrogens is 1. The van der Waals surface area contributed by atoms with Gasteiger partial charge in [0.2, 0.25) is 11.9 Å². The summed E-state index contributed by atoms with van der Waals surface area (Å²) >= 11 is 5.89. The van der Waals surface area contributed by atoms with Crippen LogP contribution in [0.4, 0.5) is 5.69 Å². The maximum Gasteiger partial charge on any atom is 0.237 e. The number of amides is 1. The molecule has 0 spiro atoms. The molecule has 1 saturated carbocycles. The molecule has 3 rings (SSSR count). The van der Waals surface area contributed by atoms with Crippen molar-refractivity contribution >= 4 is 23.2 Å². The number of nitro groups is 1. The highest BCUT2D eigenvalue weighted by atomic mass is 35.5. The molecule has 1 aliphatic rings. The van der Waals surface area contributed by atoms with Crippen molar-refractivity contribution in [3.05, 3.63) is 69.5 Å². The third-order valence-electron chi connectivity index (χ3n) is 3.80. The summed E-state index contributed by atoms with van der Waals surface area (Å²) in [4.78, 5) is 28.9. The summed E-state index contributed by atoms with van der Waals surface area (Å²) < 4.78 is 0. The molecule has 2 aromatic rings. The zero-order valence-electron chi connectivity index (χ0n) is 12.1. The third kappa shape index (κ3) is 3.48. The van der Waals surface area contributed by atoms with Gasteiger partial charge in [-0.3, -0.25) is 19.9 Å². The molecule has 7 heteroatoms. The lowest BCUT2D eigenvalue weighted by atomic mass is 10.2. The number of carbonyl (C=O) groups is 1. The van der Waals surface area contributed by atoms with Crippen molar-refractivity contribution < 1.29 is 9.72 Å². The van der Waals surface area contributed by atoms with Crippen molar-refractivity contribution in [3.8, 4) is 0 Å². The molecule has 1 heterocycles. The number of anilines is 1. The highest BCUT2D eigenvalue weighted by Gasteiger charge is 2.54. The SMILES string of the molecule is O=C([C@@H]1C[C@@H]1[N+](=O)[O-])N(Cc1ccccn1)c1ccc(Cl)cc1. The fraction of sp³-hybridized carbons (Fsp3) is 0.250. The molecule has 1 fully saturated rings. The van der Waals surface area contributed by atoms with Crippen molar-refractivity contribution in [2.45, 2.75) is 19.0 Å². The molecule has 6 nitrogen and oxygen atoms in total. The van der Waals surface area contributed by atoms with E-state index in [2.05, 4.69) is 4.98 Å². The van der Waals surface area contributed by atoms with Crippen LogP contribution < -0.4 is 4.90 Å². The van der Waals surface area contributed by atoms with E-state index in [0.29, 0.717) is 16.4 Å². The maximum absolute atomic E-state index is 12.7. The van der Waals surface area contributed by atoms with Gasteiger partial charge in [0.05, 0.1) is 12.2 Å². The molecule has 1 aromatic heterocycles. The number of hydrogen-bond donors (Lipinski definition) is 0. The van der Waals surface area contributed by atoms with Crippen LogP contribution >= 0.6 is 11.6 Å². The monoisotopic (exact) mass is 331 g/mol. The maximum atomic E-state index is 12.7. The first kappa shape index (κ1) is 15.4. The van der Waals surface area contributed by atoms with Crippen LogP contribution in [0.1, 0.15) is 12.1 Å². The molecule has 0 radical (unpaired) electrons. The highest BCUT2D eigenvalue weighted by Crippen LogP contribution is 2.36. The van der Waals surface area contributed by atoms with Gasteiger partial charge in [-0.05, 0) is 36.4 Å². The van der Waals surface area contributed by atoms with Crippen LogP contribution in [0.2, 0.25) is 5.02 Å². The topological polar surface area (TPSA) is 76.3 Å². The van der Waals surface area contributed by atoms with Gasteiger partial charge in [0.25, 0.3) is 0 Å². The van der Waals surface area contributed by atoms with Crippen LogP contribution in [0, 0.1) is 16.0 Å². The second-order valence-electron chi connectivity index (χ2n) is 5.42. The number of rotatable bonds is 5. The minimum absolute atomic E-state index is 0.250. The van der Waals surface area contributed by atoms with Gasteiger partial charge in [0.15, 0.2) is 0 Å². The summed E-state index contributed by atoms with van der Waals surface area (Å²) in [6, 6.07) is 11.5. The van der Waals surface area contributed by atoms with Crippen LogP contribution in [0.3, 0.4) is 0 Å². The Morgan fingerprint density at radius 3 is 2.61 bits per heavy atom. The van der Waals surface area contributed by atoms with Crippen molar-refractivity contribution in [2.75, 3.05) is 4.90 Å². The molecule has 0 saturated heterocycles. The van der Waals surface area contributed by atoms with Gasteiger partial charge in [-0.15, -0.1) is 0 Å². The van der Waals surface area contributed by atoms with E-state index < -0.39 is 12.0 Å². The Labute approximate surface area is 137 Å². The first-order valence-electron chi connectivity index (χ1n) is 7.16. The Kier molecular flexibility index (Phi) is 4.25. The second kappa shape index (κ2) is 6.34. The van der Waals surface area contributed by atoms with Crippen LogP contribution in [0.5, 0.6) is 0 Å². The predicted octanol–water partition coefficient (Wildman–Crippen LogP) is 2.93. The summed E-state index contributed by atoms with van der Waals surface area (Å²) in [7, 11) is 0. The molecule has 0 aliphatic heterocycles. The van der Waals surface area contributed by atoms with Gasteiger partial charge in [0, 0.05) is 28.3 Å². The van der Waals surface area contributed by atoms with E-state index in [1.165, 1.54) is 4.90 Å². The van der Waals surface area contributed by atoms with Crippen molar-refractivity contribution in [3.63, 3.8) is 0 Å². The molecule has 0 bridgehead atoms. The Morgan fingerprint density at radius 1 is 1.30 bits per heavy atom. The largest absolute Gasteiger partial charge is 0.306 e. The van der Waals surface area contributed by atoms with E-state index in [1.54, 1.807) is 36.5 Å². The molecule has 0 unspecified atom stereocenters. The van der Waals surface area contributed by atoms with Crippen LogP contribution in [0.15, 0.2) is 48.7 Å². The van der Waals surface area contributed by atoms with Gasteiger partial charge in [-0.1, -0.05) is 17.7 Å². The summed E-state index contributed by atoms with van der Waals surface area (Å²) in [5.74, 6) is -0.816. The van der Waals surface area contributed by atoms with Gasteiger partial charge in [-0.25, -0.2) is 0 Å². The van der Waals surface area contributed by atoms with E-state index in [0.717, 1.165) is 0 Å². The average Bonchev–Trinajstić information content (AvgIpc) is 3.35. The number of halogens is 1. The number of benzene rings is 1. The third-order valence-corrected chi connectivity index (χ3v) is 4.05. The van der Waals surface area contributed by atoms with E-state index >= 15 is 0 Å². The van der Waals surface area contributed by atoms with E-state index in [4.69, 9.17) is 11.6 Å². The van der Waals surface area contributed by atoms with E-state index in [1.807, 2.05) is 12.1 Å². The molecule has 2 atom stereocenters. The molecular formula is C16H14ClN3O3. The number of hydrogen-bond acceptors (Lipinski definition) is 4. The molecule has 1 aliphatic carbocycles. The lowest BCUT2D eigenvalue weighted by molar-refractivity contribution is -0.497. The molecular weight excluding hydrogens is 318 g/mol. The fourth-order valence-corrected chi connectivity index (χ4v) is 2.58. The summed E-state index contributed by atoms with van der Waals surface area (Å²) in [5, 5.41) is 11.4. The summed E-state index contributed by atoms with van der Waals surface area (Å²) in [6.07, 6.45) is 1.94. The van der Waals surface area contributed by atoms with Crippen LogP contribution in [0.25, 0.3) is 0 Å². The number of carbonyl (C=O) groups excluding carboxylic acids is 1. The Morgan fingerprint density at radius 2 is 2.04 bits per heavy atom. The standard InChI is InChI=1S/C16H14ClN3O3/c17-11-4-6-13(7-5-11)19(10-12-3-1-2-8-18-12)16(21)14-9-15(14)20(22)23/h1-8,14-15H,9-10H2/t14-,15+/m1/s1. The first-order chi connectivity index (χ1) is 11.1. The predicted molar refractivity (Wildman–Crippen MR) is 85.8 cm³/mol. The van der Waals surface area contributed by atoms with E-state index in [9.17, 15) is 14.9 Å². The number of nitrogens with zero attached hydrogens (tertiary/aromatic N) is 3. The Bertz CT molecular complexity index is 721. The molecule has 118 valence electrons.